The number of amides is 1. The summed E-state index contributed by atoms with van der Waals surface area (Å²) in [6, 6.07) is 7.77. The van der Waals surface area contributed by atoms with Gasteiger partial charge < -0.3 is 10.6 Å². The van der Waals surface area contributed by atoms with Crippen LogP contribution in [0.15, 0.2) is 30.5 Å². The lowest BCUT2D eigenvalue weighted by atomic mass is 10.1. The molecule has 1 amide bonds. The number of para-hydroxylation sites is 2. The number of nitrogens with zero attached hydrogens (tertiary/aromatic N) is 1. The van der Waals surface area contributed by atoms with Gasteiger partial charge in [-0.05, 0) is 25.0 Å². The van der Waals surface area contributed by atoms with E-state index >= 15 is 0 Å². The Hall–Kier alpha value is -1.59. The van der Waals surface area contributed by atoms with Crippen molar-refractivity contribution in [1.82, 2.24) is 4.98 Å². The molecule has 116 valence electrons. The number of anilines is 2. The zero-order valence-electron chi connectivity index (χ0n) is 12.1. The summed E-state index contributed by atoms with van der Waals surface area (Å²) in [6.45, 7) is 0.640. The number of carbonyl (C=O) groups is 1. The Labute approximate surface area is 138 Å². The van der Waals surface area contributed by atoms with Crippen LogP contribution in [0, 0.1) is 5.92 Å². The first-order valence-electron chi connectivity index (χ1n) is 7.46. The van der Waals surface area contributed by atoms with Crippen molar-refractivity contribution < 1.29 is 4.79 Å². The molecule has 1 fully saturated rings. The van der Waals surface area contributed by atoms with Crippen LogP contribution in [0.3, 0.4) is 0 Å². The highest BCUT2D eigenvalue weighted by Gasteiger charge is 2.23. The lowest BCUT2D eigenvalue weighted by Gasteiger charge is -2.15. The molecule has 1 aromatic heterocycles. The first-order valence-corrected chi connectivity index (χ1v) is 8.66. The third-order valence-electron chi connectivity index (χ3n) is 3.89. The zero-order valence-corrected chi connectivity index (χ0v) is 13.7. The largest absolute Gasteiger partial charge is 0.378 e. The Morgan fingerprint density at radius 2 is 2.00 bits per heavy atom. The number of rotatable bonds is 5. The molecular weight excluding hydrogens is 318 g/mol. The van der Waals surface area contributed by atoms with Crippen LogP contribution in [-0.4, -0.2) is 10.9 Å². The molecule has 1 aromatic carbocycles. The summed E-state index contributed by atoms with van der Waals surface area (Å²) in [7, 11) is 0. The van der Waals surface area contributed by atoms with Gasteiger partial charge in [0.2, 0.25) is 5.91 Å². The average molecular weight is 336 g/mol. The van der Waals surface area contributed by atoms with E-state index in [0.29, 0.717) is 11.0 Å². The van der Waals surface area contributed by atoms with E-state index in [-0.39, 0.29) is 11.8 Å². The standard InChI is InChI=1S/C16H18ClN3OS/c17-16-19-10-12(22-16)9-18-13-7-3-4-8-14(13)20-15(21)11-5-1-2-6-11/h3-4,7-8,10-11,18H,1-2,5-6,9H2,(H,20,21). The number of hydrogen-bond donors (Lipinski definition) is 2. The maximum Gasteiger partial charge on any atom is 0.227 e. The van der Waals surface area contributed by atoms with Crippen molar-refractivity contribution in [2.75, 3.05) is 10.6 Å². The van der Waals surface area contributed by atoms with Gasteiger partial charge in [-0.25, -0.2) is 4.98 Å². The maximum atomic E-state index is 12.3. The summed E-state index contributed by atoms with van der Waals surface area (Å²) in [6.07, 6.45) is 6.08. The number of carbonyl (C=O) groups excluding carboxylic acids is 1. The van der Waals surface area contributed by atoms with Crippen LogP contribution < -0.4 is 10.6 Å². The van der Waals surface area contributed by atoms with E-state index in [9.17, 15) is 4.79 Å². The molecular formula is C16H18ClN3OS. The van der Waals surface area contributed by atoms with Gasteiger partial charge in [-0.1, -0.05) is 36.6 Å². The van der Waals surface area contributed by atoms with Crippen LogP contribution in [0.5, 0.6) is 0 Å². The topological polar surface area (TPSA) is 54.0 Å². The van der Waals surface area contributed by atoms with Crippen LogP contribution >= 0.6 is 22.9 Å². The van der Waals surface area contributed by atoms with Gasteiger partial charge in [0.25, 0.3) is 0 Å². The average Bonchev–Trinajstić information content (AvgIpc) is 3.18. The summed E-state index contributed by atoms with van der Waals surface area (Å²) >= 11 is 7.29. The molecule has 1 aliphatic carbocycles. The van der Waals surface area contributed by atoms with Crippen molar-refractivity contribution in [3.8, 4) is 0 Å². The van der Waals surface area contributed by atoms with Gasteiger partial charge in [0.15, 0.2) is 4.47 Å². The number of thiazole rings is 1. The molecule has 2 aromatic rings. The van der Waals surface area contributed by atoms with Crippen molar-refractivity contribution in [3.05, 3.63) is 39.8 Å². The lowest BCUT2D eigenvalue weighted by Crippen LogP contribution is -2.21. The van der Waals surface area contributed by atoms with Crippen molar-refractivity contribution in [2.24, 2.45) is 5.92 Å². The molecule has 6 heteroatoms. The molecule has 3 rings (SSSR count). The summed E-state index contributed by atoms with van der Waals surface area (Å²) in [4.78, 5) is 17.4. The van der Waals surface area contributed by atoms with E-state index in [1.807, 2.05) is 24.3 Å². The van der Waals surface area contributed by atoms with Crippen molar-refractivity contribution in [3.63, 3.8) is 0 Å². The van der Waals surface area contributed by atoms with E-state index in [1.54, 1.807) is 6.20 Å². The van der Waals surface area contributed by atoms with Gasteiger partial charge >= 0.3 is 0 Å². The smallest absolute Gasteiger partial charge is 0.227 e. The maximum absolute atomic E-state index is 12.3. The second kappa shape index (κ2) is 7.11. The molecule has 22 heavy (non-hydrogen) atoms. The Balaban J connectivity index is 1.65. The fourth-order valence-electron chi connectivity index (χ4n) is 2.72. The minimum atomic E-state index is 0.132. The van der Waals surface area contributed by atoms with Gasteiger partial charge in [-0.3, -0.25) is 4.79 Å². The minimum absolute atomic E-state index is 0.132. The molecule has 2 N–H and O–H groups in total. The molecule has 0 aliphatic heterocycles. The van der Waals surface area contributed by atoms with Crippen LogP contribution in [0.4, 0.5) is 11.4 Å². The van der Waals surface area contributed by atoms with E-state index in [0.717, 1.165) is 41.9 Å². The Morgan fingerprint density at radius 1 is 1.27 bits per heavy atom. The number of nitrogens with one attached hydrogen (secondary N) is 2. The molecule has 0 atom stereocenters. The van der Waals surface area contributed by atoms with Gasteiger partial charge in [0, 0.05) is 17.0 Å². The molecule has 0 bridgehead atoms. The molecule has 1 heterocycles. The van der Waals surface area contributed by atoms with Crippen molar-refractivity contribution >= 4 is 40.2 Å². The first kappa shape index (κ1) is 15.3. The fraction of sp³-hybridized carbons (Fsp3) is 0.375. The second-order valence-electron chi connectivity index (χ2n) is 5.45. The molecule has 0 saturated heterocycles. The van der Waals surface area contributed by atoms with Gasteiger partial charge in [-0.15, -0.1) is 11.3 Å². The Bertz CT molecular complexity index is 652. The molecule has 1 aliphatic rings. The zero-order chi connectivity index (χ0) is 15.4. The molecule has 1 saturated carbocycles. The number of hydrogen-bond acceptors (Lipinski definition) is 4. The molecule has 0 unspecified atom stereocenters. The normalized spacial score (nSPS) is 15.0. The quantitative estimate of drug-likeness (QED) is 0.843. The van der Waals surface area contributed by atoms with Gasteiger partial charge in [-0.2, -0.15) is 0 Å². The van der Waals surface area contributed by atoms with Crippen molar-refractivity contribution in [2.45, 2.75) is 32.2 Å². The highest BCUT2D eigenvalue weighted by molar-refractivity contribution is 7.15. The van der Waals surface area contributed by atoms with Crippen LogP contribution in [0.2, 0.25) is 4.47 Å². The van der Waals surface area contributed by atoms with E-state index in [2.05, 4.69) is 15.6 Å². The monoisotopic (exact) mass is 335 g/mol. The van der Waals surface area contributed by atoms with Crippen LogP contribution in [0.1, 0.15) is 30.6 Å². The highest BCUT2D eigenvalue weighted by Crippen LogP contribution is 2.28. The van der Waals surface area contributed by atoms with E-state index in [4.69, 9.17) is 11.6 Å². The van der Waals surface area contributed by atoms with E-state index < -0.39 is 0 Å². The van der Waals surface area contributed by atoms with Gasteiger partial charge in [0.05, 0.1) is 17.9 Å². The molecule has 4 nitrogen and oxygen atoms in total. The summed E-state index contributed by atoms with van der Waals surface area (Å²) in [5.41, 5.74) is 1.74. The fourth-order valence-corrected chi connectivity index (χ4v) is 3.63. The second-order valence-corrected chi connectivity index (χ2v) is 7.15. The Kier molecular flexibility index (Phi) is 4.95. The Morgan fingerprint density at radius 3 is 2.68 bits per heavy atom. The lowest BCUT2D eigenvalue weighted by molar-refractivity contribution is -0.119. The number of benzene rings is 1. The summed E-state index contributed by atoms with van der Waals surface area (Å²) in [5, 5.41) is 6.39. The summed E-state index contributed by atoms with van der Waals surface area (Å²) < 4.78 is 0.541. The predicted molar refractivity (Wildman–Crippen MR) is 91.5 cm³/mol. The third kappa shape index (κ3) is 3.78. The van der Waals surface area contributed by atoms with Gasteiger partial charge in [0.1, 0.15) is 0 Å². The van der Waals surface area contributed by atoms with E-state index in [1.165, 1.54) is 11.3 Å². The highest BCUT2D eigenvalue weighted by atomic mass is 35.5. The van der Waals surface area contributed by atoms with Crippen molar-refractivity contribution in [1.29, 1.82) is 0 Å². The van der Waals surface area contributed by atoms with Crippen LogP contribution in [0.25, 0.3) is 0 Å². The minimum Gasteiger partial charge on any atom is -0.378 e. The predicted octanol–water partition coefficient (Wildman–Crippen LogP) is 4.54. The summed E-state index contributed by atoms with van der Waals surface area (Å²) in [5.74, 6) is 0.293. The number of halogens is 1. The first-order chi connectivity index (χ1) is 10.7. The van der Waals surface area contributed by atoms with Crippen LogP contribution in [-0.2, 0) is 11.3 Å². The SMILES string of the molecule is O=C(Nc1ccccc1NCc1cnc(Cl)s1)C1CCCC1. The molecule has 0 radical (unpaired) electrons. The molecule has 0 spiro atoms. The third-order valence-corrected chi connectivity index (χ3v) is 5.00. The number of aromatic nitrogens is 1.